The molecular weight excluding hydrogens is 226 g/mol. The molecule has 1 aliphatic heterocycles. The SMILES string of the molecule is Cc1cc(C)c2cc(C3CCNCC3)sc2c1. The van der Waals surface area contributed by atoms with Crippen LogP contribution >= 0.6 is 11.3 Å². The summed E-state index contributed by atoms with van der Waals surface area (Å²) in [5.74, 6) is 0.786. The minimum absolute atomic E-state index is 0.786. The monoisotopic (exact) mass is 245 g/mol. The average molecular weight is 245 g/mol. The minimum atomic E-state index is 0.786. The first kappa shape index (κ1) is 11.2. The van der Waals surface area contributed by atoms with Gasteiger partial charge in [0, 0.05) is 9.58 Å². The van der Waals surface area contributed by atoms with Crippen molar-refractivity contribution in [1.29, 1.82) is 0 Å². The molecular formula is C15H19NS. The van der Waals surface area contributed by atoms with Gasteiger partial charge in [-0.1, -0.05) is 6.07 Å². The van der Waals surface area contributed by atoms with Crippen molar-refractivity contribution < 1.29 is 0 Å². The zero-order valence-corrected chi connectivity index (χ0v) is 11.4. The van der Waals surface area contributed by atoms with E-state index in [9.17, 15) is 0 Å². The number of benzene rings is 1. The van der Waals surface area contributed by atoms with Gasteiger partial charge in [-0.2, -0.15) is 0 Å². The lowest BCUT2D eigenvalue weighted by molar-refractivity contribution is 0.465. The number of fused-ring (bicyclic) bond motifs is 1. The van der Waals surface area contributed by atoms with E-state index in [1.165, 1.54) is 47.1 Å². The van der Waals surface area contributed by atoms with E-state index >= 15 is 0 Å². The van der Waals surface area contributed by atoms with Crippen LogP contribution in [0.3, 0.4) is 0 Å². The zero-order chi connectivity index (χ0) is 11.8. The van der Waals surface area contributed by atoms with Crippen LogP contribution in [0.25, 0.3) is 10.1 Å². The van der Waals surface area contributed by atoms with Gasteiger partial charge in [0.05, 0.1) is 0 Å². The maximum atomic E-state index is 3.44. The van der Waals surface area contributed by atoms with E-state index in [1.807, 2.05) is 11.3 Å². The molecule has 2 heterocycles. The Bertz CT molecular complexity index is 535. The largest absolute Gasteiger partial charge is 0.317 e. The van der Waals surface area contributed by atoms with Crippen molar-refractivity contribution in [2.45, 2.75) is 32.6 Å². The van der Waals surface area contributed by atoms with Crippen molar-refractivity contribution >= 4 is 21.4 Å². The standard InChI is InChI=1S/C15H19NS/c1-10-7-11(2)13-9-14(17-15(13)8-10)12-3-5-16-6-4-12/h7-9,12,16H,3-6H2,1-2H3. The number of hydrogen-bond acceptors (Lipinski definition) is 2. The number of nitrogens with one attached hydrogen (secondary N) is 1. The Balaban J connectivity index is 2.03. The van der Waals surface area contributed by atoms with Gasteiger partial charge in [-0.05, 0) is 74.3 Å². The smallest absolute Gasteiger partial charge is 0.0351 e. The molecule has 1 aromatic carbocycles. The van der Waals surface area contributed by atoms with Crippen LogP contribution < -0.4 is 5.32 Å². The molecule has 17 heavy (non-hydrogen) atoms. The molecule has 1 fully saturated rings. The molecule has 2 aromatic rings. The Hall–Kier alpha value is -0.860. The number of thiophene rings is 1. The Kier molecular flexibility index (Phi) is 2.93. The molecule has 0 saturated carbocycles. The average Bonchev–Trinajstić information content (AvgIpc) is 2.74. The third-order valence-corrected chi connectivity index (χ3v) is 4.99. The molecule has 0 aliphatic carbocycles. The number of aryl methyl sites for hydroxylation is 2. The van der Waals surface area contributed by atoms with Crippen LogP contribution in [0, 0.1) is 13.8 Å². The van der Waals surface area contributed by atoms with Gasteiger partial charge in [-0.15, -0.1) is 11.3 Å². The molecule has 0 radical (unpaired) electrons. The van der Waals surface area contributed by atoms with E-state index in [1.54, 1.807) is 4.88 Å². The lowest BCUT2D eigenvalue weighted by Gasteiger charge is -2.21. The molecule has 90 valence electrons. The highest BCUT2D eigenvalue weighted by Gasteiger charge is 2.17. The summed E-state index contributed by atoms with van der Waals surface area (Å²) in [5, 5.41) is 4.91. The van der Waals surface area contributed by atoms with Gasteiger partial charge in [0.25, 0.3) is 0 Å². The van der Waals surface area contributed by atoms with Crippen LogP contribution in [0.4, 0.5) is 0 Å². The van der Waals surface area contributed by atoms with Crippen LogP contribution in [0.5, 0.6) is 0 Å². The van der Waals surface area contributed by atoms with Gasteiger partial charge < -0.3 is 5.32 Å². The third-order valence-electron chi connectivity index (χ3n) is 3.75. The molecule has 1 N–H and O–H groups in total. The predicted molar refractivity (Wildman–Crippen MR) is 76.1 cm³/mol. The quantitative estimate of drug-likeness (QED) is 0.801. The van der Waals surface area contributed by atoms with E-state index in [4.69, 9.17) is 0 Å². The fourth-order valence-corrected chi connectivity index (χ4v) is 4.22. The molecule has 2 heteroatoms. The van der Waals surface area contributed by atoms with E-state index < -0.39 is 0 Å². The molecule has 1 nitrogen and oxygen atoms in total. The van der Waals surface area contributed by atoms with Crippen molar-refractivity contribution in [2.75, 3.05) is 13.1 Å². The van der Waals surface area contributed by atoms with Crippen LogP contribution in [0.15, 0.2) is 18.2 Å². The molecule has 0 amide bonds. The molecule has 1 aromatic heterocycles. The molecule has 0 atom stereocenters. The number of piperidine rings is 1. The summed E-state index contributed by atoms with van der Waals surface area (Å²) in [4.78, 5) is 1.59. The fourth-order valence-electron chi connectivity index (χ4n) is 2.82. The van der Waals surface area contributed by atoms with E-state index in [0.717, 1.165) is 5.92 Å². The van der Waals surface area contributed by atoms with Gasteiger partial charge in [0.15, 0.2) is 0 Å². The van der Waals surface area contributed by atoms with Crippen molar-refractivity contribution in [2.24, 2.45) is 0 Å². The second-order valence-electron chi connectivity index (χ2n) is 5.17. The van der Waals surface area contributed by atoms with Gasteiger partial charge >= 0.3 is 0 Å². The van der Waals surface area contributed by atoms with E-state index in [0.29, 0.717) is 0 Å². The van der Waals surface area contributed by atoms with Gasteiger partial charge in [-0.25, -0.2) is 0 Å². The summed E-state index contributed by atoms with van der Waals surface area (Å²) in [5.41, 5.74) is 2.81. The topological polar surface area (TPSA) is 12.0 Å². The highest BCUT2D eigenvalue weighted by molar-refractivity contribution is 7.19. The Morgan fingerprint density at radius 2 is 1.88 bits per heavy atom. The van der Waals surface area contributed by atoms with Crippen molar-refractivity contribution in [1.82, 2.24) is 5.32 Å². The van der Waals surface area contributed by atoms with Crippen molar-refractivity contribution in [3.8, 4) is 0 Å². The maximum Gasteiger partial charge on any atom is 0.0351 e. The minimum Gasteiger partial charge on any atom is -0.317 e. The summed E-state index contributed by atoms with van der Waals surface area (Å²) < 4.78 is 1.47. The van der Waals surface area contributed by atoms with Gasteiger partial charge in [0.1, 0.15) is 0 Å². The normalized spacial score (nSPS) is 17.8. The first-order valence-electron chi connectivity index (χ1n) is 6.45. The summed E-state index contributed by atoms with van der Waals surface area (Å²) >= 11 is 2.00. The lowest BCUT2D eigenvalue weighted by Crippen LogP contribution is -2.26. The van der Waals surface area contributed by atoms with Crippen LogP contribution in [0.2, 0.25) is 0 Å². The fraction of sp³-hybridized carbons (Fsp3) is 0.467. The molecule has 0 bridgehead atoms. The second-order valence-corrected chi connectivity index (χ2v) is 6.28. The molecule has 0 spiro atoms. The lowest BCUT2D eigenvalue weighted by atomic mass is 9.96. The Morgan fingerprint density at radius 1 is 1.12 bits per heavy atom. The number of rotatable bonds is 1. The highest BCUT2D eigenvalue weighted by atomic mass is 32.1. The summed E-state index contributed by atoms with van der Waals surface area (Å²) in [7, 11) is 0. The van der Waals surface area contributed by atoms with Crippen molar-refractivity contribution in [3.05, 3.63) is 34.2 Å². The maximum absolute atomic E-state index is 3.44. The molecule has 1 aliphatic rings. The van der Waals surface area contributed by atoms with Crippen LogP contribution in [0.1, 0.15) is 34.8 Å². The highest BCUT2D eigenvalue weighted by Crippen LogP contribution is 2.36. The molecule has 1 saturated heterocycles. The first-order chi connectivity index (χ1) is 8.24. The molecule has 0 unspecified atom stereocenters. The van der Waals surface area contributed by atoms with Crippen molar-refractivity contribution in [3.63, 3.8) is 0 Å². The van der Waals surface area contributed by atoms with Gasteiger partial charge in [-0.3, -0.25) is 0 Å². The second kappa shape index (κ2) is 4.43. The molecule has 3 rings (SSSR count). The van der Waals surface area contributed by atoms with E-state index in [-0.39, 0.29) is 0 Å². The van der Waals surface area contributed by atoms with Crippen LogP contribution in [-0.4, -0.2) is 13.1 Å². The van der Waals surface area contributed by atoms with E-state index in [2.05, 4.69) is 37.4 Å². The zero-order valence-electron chi connectivity index (χ0n) is 10.5. The number of hydrogen-bond donors (Lipinski definition) is 1. The Morgan fingerprint density at radius 3 is 2.65 bits per heavy atom. The Labute approximate surface area is 107 Å². The summed E-state index contributed by atoms with van der Waals surface area (Å²) in [6, 6.07) is 7.06. The summed E-state index contributed by atoms with van der Waals surface area (Å²) in [6.45, 7) is 6.78. The van der Waals surface area contributed by atoms with Crippen LogP contribution in [-0.2, 0) is 0 Å². The third kappa shape index (κ3) is 2.12. The predicted octanol–water partition coefficient (Wildman–Crippen LogP) is 3.99. The summed E-state index contributed by atoms with van der Waals surface area (Å²) in [6.07, 6.45) is 2.59. The first-order valence-corrected chi connectivity index (χ1v) is 7.27. The van der Waals surface area contributed by atoms with Gasteiger partial charge in [0.2, 0.25) is 0 Å².